The quantitative estimate of drug-likeness (QED) is 0.248. The molecule has 3 aromatic rings. The first kappa shape index (κ1) is 24.6. The summed E-state index contributed by atoms with van der Waals surface area (Å²) < 4.78 is 8.78. The Labute approximate surface area is 216 Å². The fourth-order valence-corrected chi connectivity index (χ4v) is 5.13. The molecule has 178 valence electrons. The van der Waals surface area contributed by atoms with Gasteiger partial charge in [-0.1, -0.05) is 64.8 Å². The van der Waals surface area contributed by atoms with Crippen molar-refractivity contribution in [3.05, 3.63) is 74.4 Å². The molecular formula is C24H25BrClN5O2S. The monoisotopic (exact) mass is 561 g/mol. The third kappa shape index (κ3) is 5.42. The van der Waals surface area contributed by atoms with Crippen LogP contribution in [0.25, 0.3) is 0 Å². The number of unbranched alkanes of at least 4 members (excludes halogenated alkanes) is 1. The fraction of sp³-hybridized carbons (Fsp3) is 0.292. The van der Waals surface area contributed by atoms with E-state index in [2.05, 4.69) is 33.2 Å². The Morgan fingerprint density at radius 1 is 1.29 bits per heavy atom. The van der Waals surface area contributed by atoms with Crippen LogP contribution in [0.3, 0.4) is 0 Å². The van der Waals surface area contributed by atoms with Crippen molar-refractivity contribution in [2.45, 2.75) is 44.5 Å². The van der Waals surface area contributed by atoms with Gasteiger partial charge < -0.3 is 15.8 Å². The zero-order valence-electron chi connectivity index (χ0n) is 18.8. The third-order valence-corrected chi connectivity index (χ3v) is 7.07. The molecule has 34 heavy (non-hydrogen) atoms. The van der Waals surface area contributed by atoms with E-state index in [9.17, 15) is 4.79 Å². The summed E-state index contributed by atoms with van der Waals surface area (Å²) in [5.74, 6) is 1.58. The maximum Gasteiger partial charge on any atom is 0.248 e. The number of primary amides is 1. The molecule has 2 heterocycles. The average Bonchev–Trinajstić information content (AvgIpc) is 3.20. The predicted molar refractivity (Wildman–Crippen MR) is 139 cm³/mol. The molecule has 1 aromatic heterocycles. The minimum Gasteiger partial charge on any atom is -0.489 e. The van der Waals surface area contributed by atoms with Gasteiger partial charge in [-0.05, 0) is 49.2 Å². The maximum absolute atomic E-state index is 12.6. The van der Waals surface area contributed by atoms with Crippen LogP contribution in [-0.4, -0.2) is 26.4 Å². The highest BCUT2D eigenvalue weighted by Crippen LogP contribution is 2.41. The van der Waals surface area contributed by atoms with Gasteiger partial charge in [-0.2, -0.15) is 4.98 Å². The van der Waals surface area contributed by atoms with E-state index in [1.807, 2.05) is 49.4 Å². The minimum absolute atomic E-state index is 0.341. The molecule has 10 heteroatoms. The molecule has 0 saturated carbocycles. The van der Waals surface area contributed by atoms with E-state index < -0.39 is 11.9 Å². The molecule has 4 rings (SSSR count). The standard InChI is InChI=1S/C24H25BrClN5O2S/c1-3-4-11-34-24-29-23-28-14(2)20(22(27)32)21(31(23)30-24)18-12-16(25)7-10-19(18)33-13-15-5-8-17(26)9-6-15/h5-10,12,21H,3-4,11,13H2,1-2H3,(H2,27,32)(H,28,29,30). The van der Waals surface area contributed by atoms with E-state index in [1.54, 1.807) is 16.4 Å². The molecule has 0 radical (unpaired) electrons. The van der Waals surface area contributed by atoms with Crippen LogP contribution in [0.1, 0.15) is 43.9 Å². The molecule has 0 aliphatic carbocycles. The lowest BCUT2D eigenvalue weighted by atomic mass is 9.94. The molecular weight excluding hydrogens is 538 g/mol. The van der Waals surface area contributed by atoms with Crippen molar-refractivity contribution in [1.29, 1.82) is 0 Å². The second-order valence-corrected chi connectivity index (χ2v) is 10.3. The molecule has 3 N–H and O–H groups in total. The topological polar surface area (TPSA) is 95.1 Å². The second kappa shape index (κ2) is 10.8. The number of hydrogen-bond acceptors (Lipinski definition) is 6. The first-order chi connectivity index (χ1) is 16.4. The van der Waals surface area contributed by atoms with Gasteiger partial charge in [-0.3, -0.25) is 4.79 Å². The number of ether oxygens (including phenoxy) is 1. The number of nitrogens with zero attached hydrogens (tertiary/aromatic N) is 3. The minimum atomic E-state index is -0.584. The van der Waals surface area contributed by atoms with Crippen molar-refractivity contribution in [1.82, 2.24) is 14.8 Å². The summed E-state index contributed by atoms with van der Waals surface area (Å²) in [6.45, 7) is 4.31. The SMILES string of the molecule is CCCCSc1nc2n(n1)C(c1cc(Br)ccc1OCc1ccc(Cl)cc1)C(C(N)=O)=C(C)N2. The van der Waals surface area contributed by atoms with Crippen LogP contribution in [0.5, 0.6) is 5.75 Å². The highest BCUT2D eigenvalue weighted by atomic mass is 79.9. The van der Waals surface area contributed by atoms with Crippen LogP contribution in [0, 0.1) is 0 Å². The Morgan fingerprint density at radius 3 is 2.76 bits per heavy atom. The number of benzene rings is 2. The first-order valence-electron chi connectivity index (χ1n) is 10.9. The number of fused-ring (bicyclic) bond motifs is 1. The van der Waals surface area contributed by atoms with Crippen LogP contribution >= 0.6 is 39.3 Å². The number of nitrogens with two attached hydrogens (primary N) is 1. The Kier molecular flexibility index (Phi) is 7.85. The zero-order valence-corrected chi connectivity index (χ0v) is 22.0. The van der Waals surface area contributed by atoms with Crippen LogP contribution in [-0.2, 0) is 11.4 Å². The molecule has 1 atom stereocenters. The number of hydrogen-bond donors (Lipinski definition) is 2. The van der Waals surface area contributed by atoms with Crippen molar-refractivity contribution in [2.75, 3.05) is 11.1 Å². The van der Waals surface area contributed by atoms with Crippen LogP contribution in [0.2, 0.25) is 5.02 Å². The van der Waals surface area contributed by atoms with Gasteiger partial charge in [-0.25, -0.2) is 4.68 Å². The first-order valence-corrected chi connectivity index (χ1v) is 13.1. The molecule has 1 aliphatic rings. The third-order valence-electron chi connectivity index (χ3n) is 5.40. The fourth-order valence-electron chi connectivity index (χ4n) is 3.71. The summed E-state index contributed by atoms with van der Waals surface area (Å²) in [5.41, 5.74) is 8.64. The summed E-state index contributed by atoms with van der Waals surface area (Å²) >= 11 is 11.2. The molecule has 0 spiro atoms. The lowest BCUT2D eigenvalue weighted by Crippen LogP contribution is -2.32. The highest BCUT2D eigenvalue weighted by molar-refractivity contribution is 9.10. The highest BCUT2D eigenvalue weighted by Gasteiger charge is 2.35. The van der Waals surface area contributed by atoms with Gasteiger partial charge in [0.05, 0.1) is 5.57 Å². The zero-order chi connectivity index (χ0) is 24.2. The Hall–Kier alpha value is -2.49. The average molecular weight is 563 g/mol. The number of carbonyl (C=O) groups is 1. The molecule has 0 bridgehead atoms. The molecule has 1 amide bonds. The van der Waals surface area contributed by atoms with Crippen molar-refractivity contribution < 1.29 is 9.53 Å². The van der Waals surface area contributed by atoms with E-state index in [-0.39, 0.29) is 0 Å². The number of thioether (sulfide) groups is 1. The van der Waals surface area contributed by atoms with Gasteiger partial charge in [0.1, 0.15) is 18.4 Å². The summed E-state index contributed by atoms with van der Waals surface area (Å²) in [4.78, 5) is 17.2. The number of allylic oxidation sites excluding steroid dienone is 1. The van der Waals surface area contributed by atoms with E-state index in [4.69, 9.17) is 27.2 Å². The summed E-state index contributed by atoms with van der Waals surface area (Å²) in [5, 5.41) is 9.23. The summed E-state index contributed by atoms with van der Waals surface area (Å²) in [7, 11) is 0. The van der Waals surface area contributed by atoms with Gasteiger partial charge in [-0.15, -0.1) is 5.10 Å². The summed E-state index contributed by atoms with van der Waals surface area (Å²) in [6.07, 6.45) is 2.17. The largest absolute Gasteiger partial charge is 0.489 e. The number of anilines is 1. The smallest absolute Gasteiger partial charge is 0.248 e. The van der Waals surface area contributed by atoms with E-state index in [0.717, 1.165) is 34.2 Å². The molecule has 0 saturated heterocycles. The van der Waals surface area contributed by atoms with Gasteiger partial charge in [0.2, 0.25) is 17.0 Å². The molecule has 7 nitrogen and oxygen atoms in total. The van der Waals surface area contributed by atoms with Crippen LogP contribution in [0.4, 0.5) is 5.95 Å². The Morgan fingerprint density at radius 2 is 2.06 bits per heavy atom. The molecule has 1 unspecified atom stereocenters. The van der Waals surface area contributed by atoms with Gasteiger partial charge >= 0.3 is 0 Å². The number of rotatable bonds is 9. The lowest BCUT2D eigenvalue weighted by Gasteiger charge is -2.29. The van der Waals surface area contributed by atoms with E-state index in [1.165, 1.54) is 0 Å². The van der Waals surface area contributed by atoms with Crippen LogP contribution in [0.15, 0.2) is 63.4 Å². The molecule has 0 fully saturated rings. The lowest BCUT2D eigenvalue weighted by molar-refractivity contribution is -0.115. The maximum atomic E-state index is 12.6. The number of carbonyl (C=O) groups excluding carboxylic acids is 1. The predicted octanol–water partition coefficient (Wildman–Crippen LogP) is 5.94. The van der Waals surface area contributed by atoms with Gasteiger partial charge in [0, 0.05) is 26.5 Å². The number of nitrogens with one attached hydrogen (secondary N) is 1. The number of halogens is 2. The molecule has 2 aromatic carbocycles. The van der Waals surface area contributed by atoms with Crippen molar-refractivity contribution in [2.24, 2.45) is 5.73 Å². The van der Waals surface area contributed by atoms with Crippen molar-refractivity contribution in [3.8, 4) is 5.75 Å². The number of aromatic nitrogens is 3. The van der Waals surface area contributed by atoms with Crippen molar-refractivity contribution in [3.63, 3.8) is 0 Å². The van der Waals surface area contributed by atoms with Gasteiger partial charge in [0.15, 0.2) is 0 Å². The van der Waals surface area contributed by atoms with E-state index in [0.29, 0.717) is 39.8 Å². The van der Waals surface area contributed by atoms with E-state index >= 15 is 0 Å². The van der Waals surface area contributed by atoms with Gasteiger partial charge in [0.25, 0.3) is 0 Å². The summed E-state index contributed by atoms with van der Waals surface area (Å²) in [6, 6.07) is 12.6. The van der Waals surface area contributed by atoms with Crippen LogP contribution < -0.4 is 15.8 Å². The number of amides is 1. The molecule has 1 aliphatic heterocycles. The second-order valence-electron chi connectivity index (χ2n) is 7.89. The Bertz CT molecular complexity index is 1230. The van der Waals surface area contributed by atoms with Crippen molar-refractivity contribution >= 4 is 51.1 Å². The Balaban J connectivity index is 1.74. The normalized spacial score (nSPS) is 15.1.